The summed E-state index contributed by atoms with van der Waals surface area (Å²) in [7, 11) is 0. The Morgan fingerprint density at radius 2 is 1.89 bits per heavy atom. The number of amides is 1. The van der Waals surface area contributed by atoms with Gasteiger partial charge in [-0.05, 0) is 43.2 Å². The summed E-state index contributed by atoms with van der Waals surface area (Å²) >= 11 is 4.61. The molecule has 1 amide bonds. The summed E-state index contributed by atoms with van der Waals surface area (Å²) in [5.41, 5.74) is 1.46. The Bertz CT molecular complexity index is 952. The molecule has 28 heavy (non-hydrogen) atoms. The lowest BCUT2D eigenvalue weighted by molar-refractivity contribution is -0.138. The van der Waals surface area contributed by atoms with Crippen LogP contribution in [-0.4, -0.2) is 23.7 Å². The second kappa shape index (κ2) is 9.09. The summed E-state index contributed by atoms with van der Waals surface area (Å²) in [6, 6.07) is 18.8. The summed E-state index contributed by atoms with van der Waals surface area (Å²) in [6.07, 6.45) is 0.502. The van der Waals surface area contributed by atoms with E-state index < -0.39 is 11.2 Å². The first kappa shape index (κ1) is 20.2. The molecule has 0 unspecified atom stereocenters. The molecule has 0 spiro atoms. The van der Waals surface area contributed by atoms with E-state index >= 15 is 0 Å². The summed E-state index contributed by atoms with van der Waals surface area (Å²) in [4.78, 5) is 27.0. The Labute approximate surface area is 176 Å². The maximum absolute atomic E-state index is 13.2. The molecule has 7 heteroatoms. The molecule has 0 aliphatic carbocycles. The van der Waals surface area contributed by atoms with E-state index in [4.69, 9.17) is 4.74 Å². The van der Waals surface area contributed by atoms with Crippen LogP contribution < -0.4 is 4.90 Å². The molecule has 1 aliphatic heterocycles. The van der Waals surface area contributed by atoms with Crippen molar-refractivity contribution < 1.29 is 14.3 Å². The van der Waals surface area contributed by atoms with Crippen molar-refractivity contribution in [3.8, 4) is 6.07 Å². The number of anilines is 1. The van der Waals surface area contributed by atoms with E-state index in [0.29, 0.717) is 17.1 Å². The average Bonchev–Trinajstić information content (AvgIpc) is 3.00. The highest BCUT2D eigenvalue weighted by Gasteiger charge is 2.41. The van der Waals surface area contributed by atoms with Crippen molar-refractivity contribution in [3.63, 3.8) is 0 Å². The van der Waals surface area contributed by atoms with Gasteiger partial charge in [0.2, 0.25) is 5.91 Å². The van der Waals surface area contributed by atoms with Crippen molar-refractivity contribution in [1.29, 1.82) is 5.26 Å². The number of nitrogens with zero attached hydrogens (tertiary/aromatic N) is 2. The van der Waals surface area contributed by atoms with Gasteiger partial charge in [-0.25, -0.2) is 4.79 Å². The summed E-state index contributed by atoms with van der Waals surface area (Å²) in [5.74, 6) is -0.883. The Morgan fingerprint density at radius 3 is 2.50 bits per heavy atom. The number of esters is 1. The SMILES string of the molecule is CCOC(=O)/C(C#N)=C1\S[C@H](Cc2ccccc2)C(=O)N1c1ccc(Br)cc1. The average molecular weight is 457 g/mol. The van der Waals surface area contributed by atoms with Gasteiger partial charge in [0.15, 0.2) is 5.57 Å². The summed E-state index contributed by atoms with van der Waals surface area (Å²) in [6.45, 7) is 1.83. The predicted octanol–water partition coefficient (Wildman–Crippen LogP) is 4.44. The van der Waals surface area contributed by atoms with Gasteiger partial charge in [0.05, 0.1) is 11.9 Å². The van der Waals surface area contributed by atoms with E-state index in [1.165, 1.54) is 16.7 Å². The van der Waals surface area contributed by atoms with Crippen LogP contribution in [0.5, 0.6) is 0 Å². The zero-order valence-corrected chi connectivity index (χ0v) is 17.5. The van der Waals surface area contributed by atoms with E-state index in [9.17, 15) is 14.9 Å². The Morgan fingerprint density at radius 1 is 1.21 bits per heavy atom. The first-order valence-corrected chi connectivity index (χ1v) is 10.3. The fourth-order valence-corrected chi connectivity index (χ4v) is 4.39. The molecule has 0 aromatic heterocycles. The van der Waals surface area contributed by atoms with Gasteiger partial charge in [-0.2, -0.15) is 5.26 Å². The highest BCUT2D eigenvalue weighted by molar-refractivity contribution is 9.10. The van der Waals surface area contributed by atoms with E-state index in [1.54, 1.807) is 19.1 Å². The minimum absolute atomic E-state index is 0.154. The number of hydrogen-bond donors (Lipinski definition) is 0. The zero-order chi connectivity index (χ0) is 20.1. The lowest BCUT2D eigenvalue weighted by Crippen LogP contribution is -2.30. The zero-order valence-electron chi connectivity index (χ0n) is 15.1. The number of halogens is 1. The minimum atomic E-state index is -0.720. The summed E-state index contributed by atoms with van der Waals surface area (Å²) < 4.78 is 5.89. The van der Waals surface area contributed by atoms with Crippen LogP contribution in [0.2, 0.25) is 0 Å². The second-order valence-electron chi connectivity index (χ2n) is 5.96. The number of rotatable bonds is 5. The van der Waals surface area contributed by atoms with Crippen LogP contribution in [0, 0.1) is 11.3 Å². The van der Waals surface area contributed by atoms with Gasteiger partial charge in [-0.15, -0.1) is 0 Å². The van der Waals surface area contributed by atoms with E-state index in [0.717, 1.165) is 10.0 Å². The molecule has 5 nitrogen and oxygen atoms in total. The topological polar surface area (TPSA) is 70.4 Å². The Kier molecular flexibility index (Phi) is 6.55. The van der Waals surface area contributed by atoms with Crippen LogP contribution in [0.4, 0.5) is 5.69 Å². The molecule has 3 rings (SSSR count). The highest BCUT2D eigenvalue weighted by Crippen LogP contribution is 2.42. The van der Waals surface area contributed by atoms with Gasteiger partial charge in [0.25, 0.3) is 0 Å². The van der Waals surface area contributed by atoms with Gasteiger partial charge >= 0.3 is 5.97 Å². The maximum Gasteiger partial charge on any atom is 0.351 e. The predicted molar refractivity (Wildman–Crippen MR) is 112 cm³/mol. The molecule has 1 fully saturated rings. The lowest BCUT2D eigenvalue weighted by Gasteiger charge is -2.18. The Hall–Kier alpha value is -2.56. The third-order valence-corrected chi connectivity index (χ3v) is 5.90. The van der Waals surface area contributed by atoms with Gasteiger partial charge in [-0.1, -0.05) is 58.0 Å². The highest BCUT2D eigenvalue weighted by atomic mass is 79.9. The number of benzene rings is 2. The van der Waals surface area contributed by atoms with Crippen LogP contribution in [0.3, 0.4) is 0 Å². The minimum Gasteiger partial charge on any atom is -0.462 e. The van der Waals surface area contributed by atoms with Crippen LogP contribution in [0.25, 0.3) is 0 Å². The van der Waals surface area contributed by atoms with Crippen molar-refractivity contribution in [2.75, 3.05) is 11.5 Å². The number of ether oxygens (including phenoxy) is 1. The standard InChI is InChI=1S/C21H17BrN2O3S/c1-2-27-21(26)17(13-23)20-24(16-10-8-15(22)9-11-16)19(25)18(28-20)12-14-6-4-3-5-7-14/h3-11,18H,2,12H2,1H3/b20-17-/t18-/m1/s1. The third-order valence-electron chi connectivity index (χ3n) is 4.11. The lowest BCUT2D eigenvalue weighted by atomic mass is 10.1. The van der Waals surface area contributed by atoms with Gasteiger partial charge in [0, 0.05) is 10.2 Å². The number of carbonyl (C=O) groups excluding carboxylic acids is 2. The maximum atomic E-state index is 13.2. The molecule has 142 valence electrons. The smallest absolute Gasteiger partial charge is 0.351 e. The molecule has 0 bridgehead atoms. The number of carbonyl (C=O) groups is 2. The van der Waals surface area contributed by atoms with Crippen molar-refractivity contribution in [2.24, 2.45) is 0 Å². The van der Waals surface area contributed by atoms with Crippen LogP contribution in [-0.2, 0) is 20.7 Å². The quantitative estimate of drug-likeness (QED) is 0.377. The molecular formula is C21H17BrN2O3S. The largest absolute Gasteiger partial charge is 0.462 e. The molecule has 2 aromatic carbocycles. The van der Waals surface area contributed by atoms with Crippen LogP contribution in [0.1, 0.15) is 12.5 Å². The van der Waals surface area contributed by atoms with Crippen molar-refractivity contribution in [1.82, 2.24) is 0 Å². The van der Waals surface area contributed by atoms with Crippen LogP contribution >= 0.6 is 27.7 Å². The monoisotopic (exact) mass is 456 g/mol. The second-order valence-corrected chi connectivity index (χ2v) is 8.07. The van der Waals surface area contributed by atoms with Gasteiger partial charge < -0.3 is 4.74 Å². The molecule has 0 saturated carbocycles. The van der Waals surface area contributed by atoms with Gasteiger partial charge in [-0.3, -0.25) is 9.69 Å². The molecule has 1 atom stereocenters. The first-order valence-electron chi connectivity index (χ1n) is 8.66. The summed E-state index contributed by atoms with van der Waals surface area (Å²) in [5, 5.41) is 9.47. The normalized spacial score (nSPS) is 18.0. The molecule has 0 N–H and O–H groups in total. The van der Waals surface area contributed by atoms with E-state index in [2.05, 4.69) is 15.9 Å². The molecule has 0 radical (unpaired) electrons. The molecule has 1 heterocycles. The molecule has 1 aliphatic rings. The number of thioether (sulfide) groups is 1. The third kappa shape index (κ3) is 4.29. The number of hydrogen-bond acceptors (Lipinski definition) is 5. The Balaban J connectivity index is 2.03. The fraction of sp³-hybridized carbons (Fsp3) is 0.190. The molecular weight excluding hydrogens is 440 g/mol. The van der Waals surface area contributed by atoms with Crippen molar-refractivity contribution >= 4 is 45.3 Å². The van der Waals surface area contributed by atoms with Crippen molar-refractivity contribution in [2.45, 2.75) is 18.6 Å². The van der Waals surface area contributed by atoms with Crippen LogP contribution in [0.15, 0.2) is 69.7 Å². The number of nitriles is 1. The fourth-order valence-electron chi connectivity index (χ4n) is 2.83. The van der Waals surface area contributed by atoms with E-state index in [-0.39, 0.29) is 18.1 Å². The van der Waals surface area contributed by atoms with Gasteiger partial charge in [0.1, 0.15) is 11.1 Å². The van der Waals surface area contributed by atoms with E-state index in [1.807, 2.05) is 48.5 Å². The first-order chi connectivity index (χ1) is 13.5. The molecule has 2 aromatic rings. The van der Waals surface area contributed by atoms with Crippen molar-refractivity contribution in [3.05, 3.63) is 75.2 Å². The molecule has 1 saturated heterocycles.